The number of hydrogen-bond donors (Lipinski definition) is 2. The summed E-state index contributed by atoms with van der Waals surface area (Å²) in [6.07, 6.45) is 2.07. The van der Waals surface area contributed by atoms with Crippen LogP contribution in [0.15, 0.2) is 28.6 Å². The Morgan fingerprint density at radius 2 is 2.15 bits per heavy atom. The minimum Gasteiger partial charge on any atom is -0.370 e. The molecule has 0 amide bonds. The van der Waals surface area contributed by atoms with Crippen molar-refractivity contribution in [3.05, 3.63) is 45.9 Å². The van der Waals surface area contributed by atoms with E-state index >= 15 is 0 Å². The molecule has 5 nitrogen and oxygen atoms in total. The summed E-state index contributed by atoms with van der Waals surface area (Å²) in [6, 6.07) is 3.19. The average molecular weight is 379 g/mol. The summed E-state index contributed by atoms with van der Waals surface area (Å²) >= 11 is 1.68. The topological polar surface area (TPSA) is 66.5 Å². The second-order valence-corrected chi connectivity index (χ2v) is 7.61. The van der Waals surface area contributed by atoms with Gasteiger partial charge in [0.05, 0.1) is 16.4 Å². The van der Waals surface area contributed by atoms with Gasteiger partial charge in [-0.05, 0) is 50.9 Å². The van der Waals surface area contributed by atoms with E-state index in [1.165, 1.54) is 0 Å². The van der Waals surface area contributed by atoms with Crippen molar-refractivity contribution in [1.29, 1.82) is 0 Å². The van der Waals surface area contributed by atoms with Crippen LogP contribution in [0, 0.1) is 24.5 Å². The van der Waals surface area contributed by atoms with Crippen molar-refractivity contribution in [2.24, 2.45) is 16.6 Å². The lowest BCUT2D eigenvalue weighted by atomic mass is 9.97. The fraction of sp³-hybridized carbons (Fsp3) is 0.444. The smallest absolute Gasteiger partial charge is 0.193 e. The number of guanidine groups is 1. The summed E-state index contributed by atoms with van der Waals surface area (Å²) in [5.41, 5.74) is 6.94. The zero-order valence-corrected chi connectivity index (χ0v) is 15.5. The first kappa shape index (κ1) is 18.7. The Balaban J connectivity index is 1.45. The molecule has 3 N–H and O–H groups in total. The molecule has 1 aromatic carbocycles. The molecule has 1 aliphatic rings. The largest absolute Gasteiger partial charge is 0.370 e. The maximum Gasteiger partial charge on any atom is 0.193 e. The lowest BCUT2D eigenvalue weighted by Gasteiger charge is -2.30. The monoisotopic (exact) mass is 379 g/mol. The van der Waals surface area contributed by atoms with Crippen molar-refractivity contribution < 1.29 is 8.78 Å². The third kappa shape index (κ3) is 5.22. The number of thiazole rings is 1. The summed E-state index contributed by atoms with van der Waals surface area (Å²) in [5, 5.41) is 5.84. The van der Waals surface area contributed by atoms with Crippen molar-refractivity contribution >= 4 is 23.0 Å². The van der Waals surface area contributed by atoms with E-state index < -0.39 is 11.6 Å². The Hall–Kier alpha value is -2.06. The highest BCUT2D eigenvalue weighted by molar-refractivity contribution is 7.09. The molecule has 140 valence electrons. The standard InChI is InChI=1S/C18H23F2N5S/c1-12-23-15(11-26-12)10-25-6-4-13(5-7-25)9-22-18(21)24-17-8-14(19)2-3-16(17)20/h2-3,8,11,13H,4-7,9-10H2,1H3,(H3,21,22,24). The molecule has 0 atom stereocenters. The van der Waals surface area contributed by atoms with E-state index in [1.807, 2.05) is 6.92 Å². The number of nitrogens with one attached hydrogen (secondary N) is 1. The quantitative estimate of drug-likeness (QED) is 0.617. The maximum absolute atomic E-state index is 13.6. The average Bonchev–Trinajstić information content (AvgIpc) is 3.02. The minimum atomic E-state index is -0.560. The number of nitrogens with zero attached hydrogens (tertiary/aromatic N) is 3. The molecule has 0 bridgehead atoms. The van der Waals surface area contributed by atoms with Crippen molar-refractivity contribution in [3.63, 3.8) is 0 Å². The van der Waals surface area contributed by atoms with Crippen molar-refractivity contribution in [1.82, 2.24) is 9.88 Å². The van der Waals surface area contributed by atoms with E-state index in [1.54, 1.807) is 11.3 Å². The summed E-state index contributed by atoms with van der Waals surface area (Å²) in [6.45, 7) is 5.50. The molecule has 1 saturated heterocycles. The number of rotatable bonds is 5. The van der Waals surface area contributed by atoms with E-state index in [-0.39, 0.29) is 11.6 Å². The number of hydrogen-bond acceptors (Lipinski definition) is 4. The third-order valence-electron chi connectivity index (χ3n) is 4.47. The molecule has 2 aromatic rings. The predicted molar refractivity (Wildman–Crippen MR) is 101 cm³/mol. The SMILES string of the molecule is Cc1nc(CN2CCC(CN=C(N)Nc3cc(F)ccc3F)CC2)cs1. The van der Waals surface area contributed by atoms with Crippen LogP contribution in [0.5, 0.6) is 0 Å². The van der Waals surface area contributed by atoms with E-state index in [0.29, 0.717) is 12.5 Å². The number of halogens is 2. The number of anilines is 1. The molecule has 1 aromatic heterocycles. The number of aryl methyl sites for hydroxylation is 1. The van der Waals surface area contributed by atoms with Crippen LogP contribution in [0.1, 0.15) is 23.5 Å². The van der Waals surface area contributed by atoms with Gasteiger partial charge < -0.3 is 11.1 Å². The van der Waals surface area contributed by atoms with E-state index in [4.69, 9.17) is 5.73 Å². The van der Waals surface area contributed by atoms with Gasteiger partial charge >= 0.3 is 0 Å². The first-order chi connectivity index (χ1) is 12.5. The van der Waals surface area contributed by atoms with Gasteiger partial charge in [0.15, 0.2) is 5.96 Å². The fourth-order valence-electron chi connectivity index (χ4n) is 3.04. The van der Waals surface area contributed by atoms with Crippen molar-refractivity contribution in [3.8, 4) is 0 Å². The van der Waals surface area contributed by atoms with Gasteiger partial charge in [0.2, 0.25) is 0 Å². The molecule has 0 aliphatic carbocycles. The molecule has 2 heterocycles. The molecule has 1 fully saturated rings. The zero-order chi connectivity index (χ0) is 18.5. The summed E-state index contributed by atoms with van der Waals surface area (Å²) in [4.78, 5) is 11.2. The molecule has 0 saturated carbocycles. The number of piperidine rings is 1. The zero-order valence-electron chi connectivity index (χ0n) is 14.7. The molecule has 0 radical (unpaired) electrons. The first-order valence-corrected chi connectivity index (χ1v) is 9.53. The summed E-state index contributed by atoms with van der Waals surface area (Å²) in [7, 11) is 0. The second-order valence-electron chi connectivity index (χ2n) is 6.55. The Bertz CT molecular complexity index is 769. The van der Waals surface area contributed by atoms with Crippen LogP contribution in [-0.2, 0) is 6.54 Å². The van der Waals surface area contributed by atoms with E-state index in [0.717, 1.165) is 61.4 Å². The molecular formula is C18H23F2N5S. The number of likely N-dealkylation sites (tertiary alicyclic amines) is 1. The lowest BCUT2D eigenvalue weighted by molar-refractivity contribution is 0.179. The first-order valence-electron chi connectivity index (χ1n) is 8.65. The molecule has 0 unspecified atom stereocenters. The lowest BCUT2D eigenvalue weighted by Crippen LogP contribution is -2.34. The van der Waals surface area contributed by atoms with Crippen LogP contribution in [0.2, 0.25) is 0 Å². The van der Waals surface area contributed by atoms with E-state index in [9.17, 15) is 8.78 Å². The molecular weight excluding hydrogens is 356 g/mol. The Labute approximate surface area is 156 Å². The fourth-order valence-corrected chi connectivity index (χ4v) is 3.64. The number of aliphatic imine (C=N–C) groups is 1. The van der Waals surface area contributed by atoms with Crippen LogP contribution in [0.4, 0.5) is 14.5 Å². The van der Waals surface area contributed by atoms with Crippen LogP contribution >= 0.6 is 11.3 Å². The van der Waals surface area contributed by atoms with Crippen LogP contribution in [0.25, 0.3) is 0 Å². The van der Waals surface area contributed by atoms with Crippen LogP contribution < -0.4 is 11.1 Å². The van der Waals surface area contributed by atoms with Crippen LogP contribution in [0.3, 0.4) is 0 Å². The Kier molecular flexibility index (Phi) is 6.16. The number of benzene rings is 1. The second kappa shape index (κ2) is 8.55. The summed E-state index contributed by atoms with van der Waals surface area (Å²) in [5.74, 6) is -0.532. The Morgan fingerprint density at radius 3 is 2.85 bits per heavy atom. The number of aromatic nitrogens is 1. The molecule has 26 heavy (non-hydrogen) atoms. The van der Waals surface area contributed by atoms with Crippen LogP contribution in [-0.4, -0.2) is 35.5 Å². The molecule has 8 heteroatoms. The van der Waals surface area contributed by atoms with Gasteiger partial charge in [-0.3, -0.25) is 9.89 Å². The van der Waals surface area contributed by atoms with Crippen molar-refractivity contribution in [2.45, 2.75) is 26.3 Å². The van der Waals surface area contributed by atoms with Gasteiger partial charge in [-0.25, -0.2) is 13.8 Å². The highest BCUT2D eigenvalue weighted by Crippen LogP contribution is 2.20. The maximum atomic E-state index is 13.6. The van der Waals surface area contributed by atoms with Gasteiger partial charge in [-0.1, -0.05) is 0 Å². The summed E-state index contributed by atoms with van der Waals surface area (Å²) < 4.78 is 26.8. The van der Waals surface area contributed by atoms with E-state index in [2.05, 4.69) is 25.6 Å². The van der Waals surface area contributed by atoms with Gasteiger partial charge in [-0.15, -0.1) is 11.3 Å². The minimum absolute atomic E-state index is 0.000347. The Morgan fingerprint density at radius 1 is 1.38 bits per heavy atom. The van der Waals surface area contributed by atoms with Gasteiger partial charge in [0.1, 0.15) is 11.6 Å². The van der Waals surface area contributed by atoms with Gasteiger partial charge in [-0.2, -0.15) is 0 Å². The predicted octanol–water partition coefficient (Wildman–Crippen LogP) is 3.37. The highest BCUT2D eigenvalue weighted by Gasteiger charge is 2.19. The molecule has 0 spiro atoms. The van der Waals surface area contributed by atoms with Crippen molar-refractivity contribution in [2.75, 3.05) is 25.0 Å². The van der Waals surface area contributed by atoms with Gasteiger partial charge in [0.25, 0.3) is 0 Å². The number of nitrogens with two attached hydrogens (primary N) is 1. The molecule has 1 aliphatic heterocycles. The third-order valence-corrected chi connectivity index (χ3v) is 5.29. The highest BCUT2D eigenvalue weighted by atomic mass is 32.1. The molecule has 3 rings (SSSR count). The van der Waals surface area contributed by atoms with Gasteiger partial charge in [0, 0.05) is 24.5 Å². The normalized spacial score (nSPS) is 16.8.